The van der Waals surface area contributed by atoms with E-state index in [1.807, 2.05) is 11.8 Å². The Labute approximate surface area is 103 Å². The van der Waals surface area contributed by atoms with Crippen molar-refractivity contribution in [2.24, 2.45) is 0 Å². The van der Waals surface area contributed by atoms with Gasteiger partial charge in [-0.3, -0.25) is 0 Å². The topological polar surface area (TPSA) is 41.1 Å². The number of aldehydes is 1. The average Bonchev–Trinajstić information content (AvgIpc) is 2.24. The zero-order valence-corrected chi connectivity index (χ0v) is 11.2. The van der Waals surface area contributed by atoms with Crippen LogP contribution in [0.5, 0.6) is 0 Å². The monoisotopic (exact) mass is 244 g/mol. The molecule has 0 aromatic rings. The minimum atomic E-state index is 0.588. The molecule has 0 saturated heterocycles. The fourth-order valence-electron chi connectivity index (χ4n) is 1.14. The number of thioether (sulfide) groups is 1. The normalized spacial score (nSPS) is 10.4. The summed E-state index contributed by atoms with van der Waals surface area (Å²) in [5.41, 5.74) is 1.07. The number of nitrogens with one attached hydrogen (secondary N) is 2. The molecule has 2 N–H and O–H groups in total. The second-order valence-corrected chi connectivity index (χ2v) is 5.59. The summed E-state index contributed by atoms with van der Waals surface area (Å²) in [5, 5.41) is 7.19. The first-order chi connectivity index (χ1) is 7.66. The van der Waals surface area contributed by atoms with Gasteiger partial charge in [-0.25, -0.2) is 0 Å². The molecule has 94 valence electrons. The van der Waals surface area contributed by atoms with Crippen molar-refractivity contribution in [2.45, 2.75) is 31.9 Å². The van der Waals surface area contributed by atoms with Gasteiger partial charge in [0, 0.05) is 37.5 Å². The van der Waals surface area contributed by atoms with E-state index in [2.05, 4.69) is 31.1 Å². The summed E-state index contributed by atoms with van der Waals surface area (Å²) in [7, 11) is 0. The smallest absolute Gasteiger partial charge is 0.121 e. The Morgan fingerprint density at radius 3 is 2.75 bits per heavy atom. The van der Waals surface area contributed by atoms with Crippen LogP contribution in [0.4, 0.5) is 0 Å². The highest BCUT2D eigenvalue weighted by Crippen LogP contribution is 2.07. The first-order valence-corrected chi connectivity index (χ1v) is 6.89. The number of carbonyl (C=O) groups excluding carboxylic acids is 1. The van der Waals surface area contributed by atoms with Crippen molar-refractivity contribution in [3.05, 3.63) is 12.3 Å². The zero-order chi connectivity index (χ0) is 12.2. The lowest BCUT2D eigenvalue weighted by atomic mass is 10.3. The van der Waals surface area contributed by atoms with E-state index in [1.54, 1.807) is 0 Å². The molecule has 0 bridgehead atoms. The van der Waals surface area contributed by atoms with Crippen LogP contribution in [0.15, 0.2) is 12.3 Å². The lowest BCUT2D eigenvalue weighted by molar-refractivity contribution is -0.107. The van der Waals surface area contributed by atoms with Gasteiger partial charge in [0.1, 0.15) is 6.29 Å². The summed E-state index contributed by atoms with van der Waals surface area (Å²) in [4.78, 5) is 10.1. The van der Waals surface area contributed by atoms with Gasteiger partial charge in [-0.1, -0.05) is 20.4 Å². The first kappa shape index (κ1) is 15.5. The largest absolute Gasteiger partial charge is 0.388 e. The van der Waals surface area contributed by atoms with E-state index in [4.69, 9.17) is 0 Å². The summed E-state index contributed by atoms with van der Waals surface area (Å²) < 4.78 is 0. The molecule has 4 heteroatoms. The Hall–Kier alpha value is -0.480. The second-order valence-electron chi connectivity index (χ2n) is 3.91. The second kappa shape index (κ2) is 11.0. The van der Waals surface area contributed by atoms with Crippen molar-refractivity contribution in [1.82, 2.24) is 10.6 Å². The molecule has 0 unspecified atom stereocenters. The molecular formula is C12H24N2OS. The van der Waals surface area contributed by atoms with Crippen molar-refractivity contribution in [3.63, 3.8) is 0 Å². The standard InChI is InChI=1S/C12H24N2OS/c1-11(2)16-10-8-14-12(3)5-7-13-6-4-9-15/h9,11,13-14H,3-8,10H2,1-2H3. The van der Waals surface area contributed by atoms with E-state index in [0.29, 0.717) is 11.7 Å². The van der Waals surface area contributed by atoms with E-state index >= 15 is 0 Å². The summed E-state index contributed by atoms with van der Waals surface area (Å²) >= 11 is 1.95. The van der Waals surface area contributed by atoms with Crippen LogP contribution in [0, 0.1) is 0 Å². The molecule has 0 heterocycles. The quantitative estimate of drug-likeness (QED) is 0.429. The number of hydrogen-bond acceptors (Lipinski definition) is 4. The van der Waals surface area contributed by atoms with Crippen LogP contribution in [0.2, 0.25) is 0 Å². The molecule has 0 rings (SSSR count). The molecule has 0 aliphatic carbocycles. The van der Waals surface area contributed by atoms with Crippen LogP contribution in [0.25, 0.3) is 0 Å². The summed E-state index contributed by atoms with van der Waals surface area (Å²) in [6.07, 6.45) is 2.44. The number of carbonyl (C=O) groups is 1. The molecule has 0 amide bonds. The van der Waals surface area contributed by atoms with Gasteiger partial charge in [-0.2, -0.15) is 11.8 Å². The van der Waals surface area contributed by atoms with Gasteiger partial charge in [-0.15, -0.1) is 0 Å². The van der Waals surface area contributed by atoms with Gasteiger partial charge in [0.15, 0.2) is 0 Å². The third-order valence-electron chi connectivity index (χ3n) is 1.97. The molecule has 0 spiro atoms. The molecule has 0 aliphatic heterocycles. The maximum atomic E-state index is 10.1. The molecule has 0 aromatic carbocycles. The molecular weight excluding hydrogens is 220 g/mol. The highest BCUT2D eigenvalue weighted by molar-refractivity contribution is 7.99. The molecule has 0 saturated carbocycles. The van der Waals surface area contributed by atoms with E-state index in [1.165, 1.54) is 0 Å². The Balaban J connectivity index is 3.21. The van der Waals surface area contributed by atoms with Crippen LogP contribution in [0.1, 0.15) is 26.7 Å². The van der Waals surface area contributed by atoms with E-state index in [-0.39, 0.29) is 0 Å². The number of hydrogen-bond donors (Lipinski definition) is 2. The van der Waals surface area contributed by atoms with Crippen LogP contribution in [-0.2, 0) is 4.79 Å². The highest BCUT2D eigenvalue weighted by Gasteiger charge is 1.96. The Bertz CT molecular complexity index is 195. The Morgan fingerprint density at radius 1 is 1.38 bits per heavy atom. The highest BCUT2D eigenvalue weighted by atomic mass is 32.2. The molecule has 0 radical (unpaired) electrons. The minimum Gasteiger partial charge on any atom is -0.388 e. The summed E-state index contributed by atoms with van der Waals surface area (Å²) in [6, 6.07) is 0. The zero-order valence-electron chi connectivity index (χ0n) is 10.4. The fourth-order valence-corrected chi connectivity index (χ4v) is 1.83. The molecule has 0 atom stereocenters. The first-order valence-electron chi connectivity index (χ1n) is 5.84. The maximum Gasteiger partial charge on any atom is 0.121 e. The molecule has 3 nitrogen and oxygen atoms in total. The van der Waals surface area contributed by atoms with Gasteiger partial charge in [0.25, 0.3) is 0 Å². The summed E-state index contributed by atoms with van der Waals surface area (Å²) in [5.74, 6) is 1.12. The van der Waals surface area contributed by atoms with Crippen LogP contribution >= 0.6 is 11.8 Å². The number of rotatable bonds is 11. The molecule has 0 aliphatic rings. The van der Waals surface area contributed by atoms with Gasteiger partial charge in [-0.05, 0) is 11.7 Å². The van der Waals surface area contributed by atoms with Crippen molar-refractivity contribution in [2.75, 3.05) is 25.4 Å². The van der Waals surface area contributed by atoms with Crippen molar-refractivity contribution >= 4 is 18.0 Å². The van der Waals surface area contributed by atoms with Crippen LogP contribution in [-0.4, -0.2) is 36.9 Å². The third kappa shape index (κ3) is 11.6. The lowest BCUT2D eigenvalue weighted by Gasteiger charge is -2.10. The average molecular weight is 244 g/mol. The SMILES string of the molecule is C=C(CCNCCC=O)NCCSC(C)C. The predicted molar refractivity (Wildman–Crippen MR) is 72.9 cm³/mol. The van der Waals surface area contributed by atoms with Gasteiger partial charge in [0.2, 0.25) is 0 Å². The Morgan fingerprint density at radius 2 is 2.12 bits per heavy atom. The predicted octanol–water partition coefficient (Wildman–Crippen LogP) is 1.80. The van der Waals surface area contributed by atoms with Gasteiger partial charge < -0.3 is 15.4 Å². The molecule has 16 heavy (non-hydrogen) atoms. The van der Waals surface area contributed by atoms with E-state index < -0.39 is 0 Å². The Kier molecular flexibility index (Phi) is 10.7. The van der Waals surface area contributed by atoms with E-state index in [9.17, 15) is 4.79 Å². The van der Waals surface area contributed by atoms with Crippen LogP contribution in [0.3, 0.4) is 0 Å². The lowest BCUT2D eigenvalue weighted by Crippen LogP contribution is -2.22. The summed E-state index contributed by atoms with van der Waals surface area (Å²) in [6.45, 7) is 11.0. The van der Waals surface area contributed by atoms with Crippen molar-refractivity contribution in [3.8, 4) is 0 Å². The third-order valence-corrected chi connectivity index (χ3v) is 3.08. The van der Waals surface area contributed by atoms with Gasteiger partial charge >= 0.3 is 0 Å². The maximum absolute atomic E-state index is 10.1. The van der Waals surface area contributed by atoms with Crippen LogP contribution < -0.4 is 10.6 Å². The van der Waals surface area contributed by atoms with Gasteiger partial charge in [0.05, 0.1) is 0 Å². The molecule has 0 fully saturated rings. The van der Waals surface area contributed by atoms with Crippen molar-refractivity contribution < 1.29 is 4.79 Å². The molecule has 0 aromatic heterocycles. The minimum absolute atomic E-state index is 0.588. The van der Waals surface area contributed by atoms with E-state index in [0.717, 1.165) is 43.8 Å². The fraction of sp³-hybridized carbons (Fsp3) is 0.750. The van der Waals surface area contributed by atoms with Crippen molar-refractivity contribution in [1.29, 1.82) is 0 Å².